The second-order valence-electron chi connectivity index (χ2n) is 5.99. The number of ether oxygens (including phenoxy) is 1. The maximum atomic E-state index is 12.1. The Bertz CT molecular complexity index is 860. The van der Waals surface area contributed by atoms with E-state index >= 15 is 0 Å². The molecule has 0 spiro atoms. The van der Waals surface area contributed by atoms with Gasteiger partial charge in [0.25, 0.3) is 5.91 Å². The maximum Gasteiger partial charge on any atom is 0.338 e. The summed E-state index contributed by atoms with van der Waals surface area (Å²) in [6.07, 6.45) is 2.98. The van der Waals surface area contributed by atoms with Crippen LogP contribution in [0.25, 0.3) is 0 Å². The number of aliphatic imine (C=N–C) groups is 1. The largest absolute Gasteiger partial charge is 0.462 e. The molecule has 1 aliphatic heterocycles. The van der Waals surface area contributed by atoms with Crippen LogP contribution >= 0.6 is 11.6 Å². The summed E-state index contributed by atoms with van der Waals surface area (Å²) >= 11 is 6.01. The Kier molecular flexibility index (Phi) is 5.68. The normalized spacial score (nSPS) is 14.2. The first-order chi connectivity index (χ1) is 12.6. The number of halogens is 1. The number of hydrogen-bond acceptors (Lipinski definition) is 4. The predicted molar refractivity (Wildman–Crippen MR) is 103 cm³/mol. The van der Waals surface area contributed by atoms with E-state index in [1.54, 1.807) is 42.5 Å². The zero-order valence-corrected chi connectivity index (χ0v) is 15.2. The summed E-state index contributed by atoms with van der Waals surface area (Å²) in [5, 5.41) is 3.29. The van der Waals surface area contributed by atoms with Gasteiger partial charge in [0.15, 0.2) is 0 Å². The minimum absolute atomic E-state index is 0.276. The van der Waals surface area contributed by atoms with Crippen molar-refractivity contribution >= 4 is 40.6 Å². The fraction of sp³-hybridized carbons (Fsp3) is 0.250. The van der Waals surface area contributed by atoms with Crippen LogP contribution in [0.5, 0.6) is 0 Å². The first kappa shape index (κ1) is 18.1. The van der Waals surface area contributed by atoms with Gasteiger partial charge >= 0.3 is 5.97 Å². The highest BCUT2D eigenvalue weighted by atomic mass is 35.5. The molecule has 1 amide bonds. The van der Waals surface area contributed by atoms with Crippen LogP contribution in [-0.2, 0) is 9.53 Å². The third-order valence-electron chi connectivity index (χ3n) is 4.02. The van der Waals surface area contributed by atoms with Crippen molar-refractivity contribution in [2.24, 2.45) is 4.99 Å². The van der Waals surface area contributed by atoms with E-state index in [1.807, 2.05) is 0 Å². The summed E-state index contributed by atoms with van der Waals surface area (Å²) in [6.45, 7) is 2.52. The van der Waals surface area contributed by atoms with Crippen LogP contribution in [-0.4, -0.2) is 24.2 Å². The molecule has 134 valence electrons. The summed E-state index contributed by atoms with van der Waals surface area (Å²) in [6, 6.07) is 11.8. The van der Waals surface area contributed by atoms with Gasteiger partial charge in [-0.2, -0.15) is 0 Å². The number of amides is 1. The molecule has 2 aromatic carbocycles. The molecule has 6 heteroatoms. The number of anilines is 1. The molecule has 1 heterocycles. The van der Waals surface area contributed by atoms with Gasteiger partial charge in [-0.15, -0.1) is 0 Å². The Morgan fingerprint density at radius 3 is 2.65 bits per heavy atom. The van der Waals surface area contributed by atoms with Crippen molar-refractivity contribution in [2.45, 2.75) is 26.2 Å². The molecule has 26 heavy (non-hydrogen) atoms. The van der Waals surface area contributed by atoms with E-state index in [0.717, 1.165) is 19.3 Å². The lowest BCUT2D eigenvalue weighted by Crippen LogP contribution is -2.13. The number of carbonyl (C=O) groups excluding carboxylic acids is 2. The van der Waals surface area contributed by atoms with E-state index in [2.05, 4.69) is 17.2 Å². The van der Waals surface area contributed by atoms with Crippen LogP contribution in [0.4, 0.5) is 11.4 Å². The van der Waals surface area contributed by atoms with Crippen LogP contribution in [0.15, 0.2) is 47.5 Å². The van der Waals surface area contributed by atoms with E-state index < -0.39 is 0 Å². The van der Waals surface area contributed by atoms with Gasteiger partial charge in [-0.05, 0) is 48.9 Å². The molecule has 3 rings (SSSR count). The lowest BCUT2D eigenvalue weighted by atomic mass is 10.1. The summed E-state index contributed by atoms with van der Waals surface area (Å²) in [5.74, 6) is -0.627. The standard InChI is InChI=1S/C20H19ClN2O3/c1-2-3-4-11-26-20(25)13-5-8-15(9-6-13)22-18-16-12-14(21)7-10-17(16)23-19(18)24/h5-10,12H,2-4,11H2,1H3,(H,22,23,24). The number of fused-ring (bicyclic) bond motifs is 1. The van der Waals surface area contributed by atoms with Crippen molar-refractivity contribution in [2.75, 3.05) is 11.9 Å². The molecule has 0 bridgehead atoms. The van der Waals surface area contributed by atoms with Gasteiger partial charge in [0.1, 0.15) is 5.71 Å². The Labute approximate surface area is 157 Å². The monoisotopic (exact) mass is 370 g/mol. The molecule has 0 atom stereocenters. The lowest BCUT2D eigenvalue weighted by molar-refractivity contribution is -0.110. The summed E-state index contributed by atoms with van der Waals surface area (Å²) in [5.41, 5.74) is 2.69. The van der Waals surface area contributed by atoms with Gasteiger partial charge in [-0.1, -0.05) is 31.4 Å². The fourth-order valence-corrected chi connectivity index (χ4v) is 2.81. The van der Waals surface area contributed by atoms with Crippen molar-refractivity contribution in [1.82, 2.24) is 0 Å². The molecule has 1 N–H and O–H groups in total. The Morgan fingerprint density at radius 1 is 1.15 bits per heavy atom. The molecule has 0 radical (unpaired) electrons. The minimum atomic E-state index is -0.351. The molecule has 2 aromatic rings. The number of benzene rings is 2. The van der Waals surface area contributed by atoms with Gasteiger partial charge < -0.3 is 10.1 Å². The van der Waals surface area contributed by atoms with E-state index in [0.29, 0.717) is 39.8 Å². The predicted octanol–water partition coefficient (Wildman–Crippen LogP) is 4.76. The fourth-order valence-electron chi connectivity index (χ4n) is 2.64. The van der Waals surface area contributed by atoms with Crippen molar-refractivity contribution in [1.29, 1.82) is 0 Å². The Hall–Kier alpha value is -2.66. The van der Waals surface area contributed by atoms with Crippen LogP contribution < -0.4 is 5.32 Å². The van der Waals surface area contributed by atoms with Crippen molar-refractivity contribution < 1.29 is 14.3 Å². The highest BCUT2D eigenvalue weighted by molar-refractivity contribution is 6.54. The SMILES string of the molecule is CCCCCOC(=O)c1ccc(N=C2C(=O)Nc3ccc(Cl)cc32)cc1. The maximum absolute atomic E-state index is 12.1. The zero-order valence-electron chi connectivity index (χ0n) is 14.4. The van der Waals surface area contributed by atoms with E-state index in [1.165, 1.54) is 0 Å². The minimum Gasteiger partial charge on any atom is -0.462 e. The molecular formula is C20H19ClN2O3. The molecule has 0 unspecified atom stereocenters. The van der Waals surface area contributed by atoms with Gasteiger partial charge in [0.05, 0.1) is 23.5 Å². The first-order valence-corrected chi connectivity index (χ1v) is 8.93. The van der Waals surface area contributed by atoms with Gasteiger partial charge in [-0.3, -0.25) is 4.79 Å². The third kappa shape index (κ3) is 4.11. The highest BCUT2D eigenvalue weighted by Gasteiger charge is 2.26. The van der Waals surface area contributed by atoms with Crippen LogP contribution in [0.1, 0.15) is 42.1 Å². The Balaban J connectivity index is 1.74. The van der Waals surface area contributed by atoms with Crippen LogP contribution in [0, 0.1) is 0 Å². The zero-order chi connectivity index (χ0) is 18.5. The van der Waals surface area contributed by atoms with Gasteiger partial charge in [0.2, 0.25) is 0 Å². The summed E-state index contributed by atoms with van der Waals surface area (Å²) < 4.78 is 5.23. The Morgan fingerprint density at radius 2 is 1.92 bits per heavy atom. The molecule has 0 fully saturated rings. The van der Waals surface area contributed by atoms with Crippen LogP contribution in [0.3, 0.4) is 0 Å². The topological polar surface area (TPSA) is 67.8 Å². The summed E-state index contributed by atoms with van der Waals surface area (Å²) in [7, 11) is 0. The number of nitrogens with one attached hydrogen (secondary N) is 1. The van der Waals surface area contributed by atoms with Crippen LogP contribution in [0.2, 0.25) is 5.02 Å². The number of unbranched alkanes of at least 4 members (excludes halogenated alkanes) is 2. The second-order valence-corrected chi connectivity index (χ2v) is 6.43. The molecule has 1 aliphatic rings. The smallest absolute Gasteiger partial charge is 0.338 e. The van der Waals surface area contributed by atoms with Gasteiger partial charge in [0, 0.05) is 10.6 Å². The number of rotatable bonds is 6. The average Bonchev–Trinajstić information content (AvgIpc) is 2.94. The molecule has 0 saturated heterocycles. The molecule has 5 nitrogen and oxygen atoms in total. The van der Waals surface area contributed by atoms with Gasteiger partial charge in [-0.25, -0.2) is 9.79 Å². The number of hydrogen-bond donors (Lipinski definition) is 1. The second kappa shape index (κ2) is 8.15. The highest BCUT2D eigenvalue weighted by Crippen LogP contribution is 2.28. The first-order valence-electron chi connectivity index (χ1n) is 8.55. The van der Waals surface area contributed by atoms with E-state index in [4.69, 9.17) is 16.3 Å². The number of nitrogens with zero attached hydrogens (tertiary/aromatic N) is 1. The summed E-state index contributed by atoms with van der Waals surface area (Å²) in [4.78, 5) is 28.5. The van der Waals surface area contributed by atoms with Crippen molar-refractivity contribution in [3.63, 3.8) is 0 Å². The molecule has 0 aromatic heterocycles. The van der Waals surface area contributed by atoms with E-state index in [9.17, 15) is 9.59 Å². The molecule has 0 saturated carbocycles. The van der Waals surface area contributed by atoms with Crippen molar-refractivity contribution in [3.8, 4) is 0 Å². The number of carbonyl (C=O) groups is 2. The lowest BCUT2D eigenvalue weighted by Gasteiger charge is -2.04. The van der Waals surface area contributed by atoms with E-state index in [-0.39, 0.29) is 11.9 Å². The average molecular weight is 371 g/mol. The molecular weight excluding hydrogens is 352 g/mol. The molecule has 0 aliphatic carbocycles. The third-order valence-corrected chi connectivity index (χ3v) is 4.26. The quantitative estimate of drug-likeness (QED) is 0.588. The number of esters is 1. The van der Waals surface area contributed by atoms with Crippen molar-refractivity contribution in [3.05, 3.63) is 58.6 Å².